The van der Waals surface area contributed by atoms with Crippen LogP contribution in [0.1, 0.15) is 18.9 Å². The number of hydrogen-bond acceptors (Lipinski definition) is 4. The maximum atomic E-state index is 11.9. The van der Waals surface area contributed by atoms with Crippen molar-refractivity contribution in [2.45, 2.75) is 13.3 Å². The molecule has 1 aliphatic heterocycles. The molecule has 1 unspecified atom stereocenters. The lowest BCUT2D eigenvalue weighted by Crippen LogP contribution is -2.29. The van der Waals surface area contributed by atoms with Gasteiger partial charge in [-0.25, -0.2) is 4.79 Å². The zero-order valence-electron chi connectivity index (χ0n) is 11.4. The monoisotopic (exact) mass is 351 g/mol. The van der Waals surface area contributed by atoms with Gasteiger partial charge in [0, 0.05) is 18.4 Å². The SMILES string of the molecule is CC1CC(=O)N(c2ccc(C=CC(=O)OCBr)cc2)C1=O. The summed E-state index contributed by atoms with van der Waals surface area (Å²) in [7, 11) is 0. The lowest BCUT2D eigenvalue weighted by atomic mass is 10.1. The van der Waals surface area contributed by atoms with E-state index in [0.29, 0.717) is 5.69 Å². The van der Waals surface area contributed by atoms with Crippen molar-refractivity contribution in [3.8, 4) is 0 Å². The van der Waals surface area contributed by atoms with E-state index in [4.69, 9.17) is 4.74 Å². The van der Waals surface area contributed by atoms with Crippen LogP contribution in [0.25, 0.3) is 6.08 Å². The van der Waals surface area contributed by atoms with Crippen molar-refractivity contribution in [1.82, 2.24) is 0 Å². The molecule has 1 aromatic rings. The summed E-state index contributed by atoms with van der Waals surface area (Å²) in [5.41, 5.74) is 1.47. The molecule has 110 valence electrons. The molecule has 1 atom stereocenters. The summed E-state index contributed by atoms with van der Waals surface area (Å²) in [5, 5.41) is 0. The molecule has 0 N–H and O–H groups in total. The molecule has 0 saturated carbocycles. The molecular weight excluding hydrogens is 338 g/mol. The fourth-order valence-corrected chi connectivity index (χ4v) is 2.28. The maximum absolute atomic E-state index is 11.9. The maximum Gasteiger partial charge on any atom is 0.331 e. The highest BCUT2D eigenvalue weighted by Crippen LogP contribution is 2.26. The third-order valence-electron chi connectivity index (χ3n) is 3.13. The summed E-state index contributed by atoms with van der Waals surface area (Å²) in [5.74, 6) is -1.08. The highest BCUT2D eigenvalue weighted by atomic mass is 79.9. The second kappa shape index (κ2) is 6.67. The number of carbonyl (C=O) groups excluding carboxylic acids is 3. The standard InChI is InChI=1S/C15H14BrNO4/c1-10-8-13(18)17(15(10)20)12-5-2-11(3-6-12)4-7-14(19)21-9-16/h2-7,10H,8-9H2,1H3. The third-order valence-corrected chi connectivity index (χ3v) is 3.36. The van der Waals surface area contributed by atoms with Crippen LogP contribution in [-0.2, 0) is 19.1 Å². The average molecular weight is 352 g/mol. The lowest BCUT2D eigenvalue weighted by molar-refractivity contribution is -0.135. The fraction of sp³-hybridized carbons (Fsp3) is 0.267. The van der Waals surface area contributed by atoms with Gasteiger partial charge in [0.1, 0.15) is 5.52 Å². The van der Waals surface area contributed by atoms with E-state index < -0.39 is 5.97 Å². The highest BCUT2D eigenvalue weighted by molar-refractivity contribution is 9.09. The number of nitrogens with zero attached hydrogens (tertiary/aromatic N) is 1. The Labute approximate surface area is 130 Å². The number of amides is 2. The molecule has 2 rings (SSSR count). The Hall–Kier alpha value is -1.95. The Morgan fingerprint density at radius 3 is 2.57 bits per heavy atom. The number of anilines is 1. The first-order valence-electron chi connectivity index (χ1n) is 6.40. The van der Waals surface area contributed by atoms with Crippen LogP contribution in [0.2, 0.25) is 0 Å². The first kappa shape index (κ1) is 15.4. The van der Waals surface area contributed by atoms with Crippen LogP contribution in [0.5, 0.6) is 0 Å². The van der Waals surface area contributed by atoms with Gasteiger partial charge in [-0.2, -0.15) is 0 Å². The zero-order chi connectivity index (χ0) is 15.4. The van der Waals surface area contributed by atoms with E-state index in [0.717, 1.165) is 5.56 Å². The van der Waals surface area contributed by atoms with E-state index in [1.165, 1.54) is 11.0 Å². The van der Waals surface area contributed by atoms with E-state index in [2.05, 4.69) is 15.9 Å². The van der Waals surface area contributed by atoms with Crippen molar-refractivity contribution < 1.29 is 19.1 Å². The molecule has 21 heavy (non-hydrogen) atoms. The second-order valence-corrected chi connectivity index (χ2v) is 5.13. The number of alkyl halides is 1. The van der Waals surface area contributed by atoms with Crippen molar-refractivity contribution >= 4 is 45.5 Å². The van der Waals surface area contributed by atoms with Gasteiger partial charge in [0.25, 0.3) is 0 Å². The van der Waals surface area contributed by atoms with E-state index in [9.17, 15) is 14.4 Å². The zero-order valence-corrected chi connectivity index (χ0v) is 13.0. The van der Waals surface area contributed by atoms with Crippen LogP contribution in [0.3, 0.4) is 0 Å². The quantitative estimate of drug-likeness (QED) is 0.362. The van der Waals surface area contributed by atoms with Gasteiger partial charge in [0.2, 0.25) is 11.8 Å². The number of halogens is 1. The van der Waals surface area contributed by atoms with E-state index in [1.807, 2.05) is 0 Å². The van der Waals surface area contributed by atoms with Crippen LogP contribution in [0.4, 0.5) is 5.69 Å². The summed E-state index contributed by atoms with van der Waals surface area (Å²) < 4.78 is 4.70. The summed E-state index contributed by atoms with van der Waals surface area (Å²) >= 11 is 2.99. The normalized spacial score (nSPS) is 18.6. The van der Waals surface area contributed by atoms with E-state index in [1.54, 1.807) is 37.3 Å². The molecule has 1 aliphatic rings. The molecule has 1 aromatic carbocycles. The second-order valence-electron chi connectivity index (χ2n) is 4.67. The largest absolute Gasteiger partial charge is 0.451 e. The van der Waals surface area contributed by atoms with Crippen molar-refractivity contribution in [2.75, 3.05) is 10.4 Å². The number of imide groups is 1. The first-order valence-corrected chi connectivity index (χ1v) is 7.52. The summed E-state index contributed by atoms with van der Waals surface area (Å²) in [4.78, 5) is 36.1. The summed E-state index contributed by atoms with van der Waals surface area (Å²) in [6, 6.07) is 6.83. The predicted molar refractivity (Wildman–Crippen MR) is 81.6 cm³/mol. The Bertz CT molecular complexity index is 594. The Morgan fingerprint density at radius 2 is 2.05 bits per heavy atom. The highest BCUT2D eigenvalue weighted by Gasteiger charge is 2.36. The minimum absolute atomic E-state index is 0.145. The van der Waals surface area contributed by atoms with Crippen LogP contribution in [0, 0.1) is 5.92 Å². The van der Waals surface area contributed by atoms with Gasteiger partial charge in [-0.15, -0.1) is 0 Å². The molecule has 2 amide bonds. The Kier molecular flexibility index (Phi) is 4.90. The van der Waals surface area contributed by atoms with E-state index >= 15 is 0 Å². The Balaban J connectivity index is 2.11. The fourth-order valence-electron chi connectivity index (χ4n) is 2.06. The lowest BCUT2D eigenvalue weighted by Gasteiger charge is -2.14. The van der Waals surface area contributed by atoms with Crippen molar-refractivity contribution in [2.24, 2.45) is 5.92 Å². The number of carbonyl (C=O) groups is 3. The molecule has 0 bridgehead atoms. The average Bonchev–Trinajstić information content (AvgIpc) is 2.71. The molecule has 1 heterocycles. The smallest absolute Gasteiger partial charge is 0.331 e. The van der Waals surface area contributed by atoms with Crippen LogP contribution in [-0.4, -0.2) is 23.3 Å². The molecule has 0 radical (unpaired) electrons. The van der Waals surface area contributed by atoms with Gasteiger partial charge >= 0.3 is 5.97 Å². The van der Waals surface area contributed by atoms with Crippen LogP contribution < -0.4 is 4.90 Å². The van der Waals surface area contributed by atoms with Crippen LogP contribution in [0.15, 0.2) is 30.3 Å². The van der Waals surface area contributed by atoms with E-state index in [-0.39, 0.29) is 29.7 Å². The minimum Gasteiger partial charge on any atom is -0.451 e. The molecule has 5 nitrogen and oxygen atoms in total. The molecule has 6 heteroatoms. The van der Waals surface area contributed by atoms with Gasteiger partial charge < -0.3 is 4.74 Å². The third kappa shape index (κ3) is 3.58. The topological polar surface area (TPSA) is 63.7 Å². The van der Waals surface area contributed by atoms with Gasteiger partial charge in [0.15, 0.2) is 0 Å². The molecule has 0 spiro atoms. The van der Waals surface area contributed by atoms with Gasteiger partial charge in [-0.05, 0) is 39.7 Å². The van der Waals surface area contributed by atoms with Crippen molar-refractivity contribution in [1.29, 1.82) is 0 Å². The number of hydrogen-bond donors (Lipinski definition) is 0. The van der Waals surface area contributed by atoms with Gasteiger partial charge in [-0.1, -0.05) is 19.1 Å². The van der Waals surface area contributed by atoms with Gasteiger partial charge in [0.05, 0.1) is 5.69 Å². The number of rotatable bonds is 4. The Morgan fingerprint density at radius 1 is 1.38 bits per heavy atom. The summed E-state index contributed by atoms with van der Waals surface area (Å²) in [6.45, 7) is 1.74. The summed E-state index contributed by atoms with van der Waals surface area (Å²) in [6.07, 6.45) is 3.16. The minimum atomic E-state index is -0.449. The molecular formula is C15H14BrNO4. The number of esters is 1. The number of benzene rings is 1. The number of ether oxygens (including phenoxy) is 1. The van der Waals surface area contributed by atoms with Crippen molar-refractivity contribution in [3.05, 3.63) is 35.9 Å². The molecule has 0 aliphatic carbocycles. The molecule has 0 aromatic heterocycles. The van der Waals surface area contributed by atoms with Gasteiger partial charge in [-0.3, -0.25) is 14.5 Å². The molecule has 1 fully saturated rings. The first-order chi connectivity index (χ1) is 10.0. The van der Waals surface area contributed by atoms with Crippen molar-refractivity contribution in [3.63, 3.8) is 0 Å². The molecule has 1 saturated heterocycles. The van der Waals surface area contributed by atoms with Crippen LogP contribution >= 0.6 is 15.9 Å². The predicted octanol–water partition coefficient (Wildman–Crippen LogP) is 2.49.